The summed E-state index contributed by atoms with van der Waals surface area (Å²) in [5.74, 6) is 2.20. The number of ether oxygens (including phenoxy) is 3. The van der Waals surface area contributed by atoms with Gasteiger partial charge in [0, 0.05) is 24.7 Å². The molecule has 0 aliphatic carbocycles. The number of methoxy groups -OCH3 is 3. The zero-order chi connectivity index (χ0) is 24.9. The molecule has 0 aromatic heterocycles. The lowest BCUT2D eigenvalue weighted by Crippen LogP contribution is -2.47. The predicted octanol–water partition coefficient (Wildman–Crippen LogP) is 4.94. The molecule has 0 unspecified atom stereocenters. The van der Waals surface area contributed by atoms with E-state index in [2.05, 4.69) is 41.4 Å². The monoisotopic (exact) mass is 474 g/mol. The van der Waals surface area contributed by atoms with E-state index in [1.165, 1.54) is 11.1 Å². The van der Waals surface area contributed by atoms with Crippen molar-refractivity contribution in [1.29, 1.82) is 0 Å². The fourth-order valence-electron chi connectivity index (χ4n) is 4.95. The van der Waals surface area contributed by atoms with Crippen LogP contribution in [-0.2, 0) is 13.0 Å². The largest absolute Gasteiger partial charge is 0.497 e. The van der Waals surface area contributed by atoms with Crippen molar-refractivity contribution < 1.29 is 19.0 Å². The lowest BCUT2D eigenvalue weighted by molar-refractivity contribution is 0.0876. The molecule has 0 radical (unpaired) electrons. The minimum atomic E-state index is -0.141. The van der Waals surface area contributed by atoms with Crippen molar-refractivity contribution in [2.45, 2.75) is 38.9 Å². The second kappa shape index (κ2) is 10.8. The molecule has 3 aromatic rings. The van der Waals surface area contributed by atoms with Gasteiger partial charge >= 0.3 is 0 Å². The Labute approximate surface area is 207 Å². The molecule has 35 heavy (non-hydrogen) atoms. The van der Waals surface area contributed by atoms with E-state index >= 15 is 0 Å². The van der Waals surface area contributed by atoms with E-state index in [-0.39, 0.29) is 18.0 Å². The lowest BCUT2D eigenvalue weighted by atomic mass is 9.87. The zero-order valence-corrected chi connectivity index (χ0v) is 21.1. The average Bonchev–Trinajstić information content (AvgIpc) is 2.88. The molecule has 6 nitrogen and oxygen atoms in total. The summed E-state index contributed by atoms with van der Waals surface area (Å²) in [6.07, 6.45) is 0.890. The van der Waals surface area contributed by atoms with Gasteiger partial charge in [0.1, 0.15) is 5.75 Å². The second-order valence-electron chi connectivity index (χ2n) is 9.00. The molecule has 0 spiro atoms. The highest BCUT2D eigenvalue weighted by Crippen LogP contribution is 2.40. The van der Waals surface area contributed by atoms with Crippen molar-refractivity contribution in [3.63, 3.8) is 0 Å². The van der Waals surface area contributed by atoms with Gasteiger partial charge in [-0.15, -0.1) is 0 Å². The van der Waals surface area contributed by atoms with E-state index in [9.17, 15) is 4.79 Å². The summed E-state index contributed by atoms with van der Waals surface area (Å²) in [6, 6.07) is 19.8. The molecule has 1 aliphatic rings. The SMILES string of the molecule is COc1ccc(CN2CCc3cc(OC)c(OC)cc3[C@@H]2[C@H](C)NC(=O)c2ccccc2C)cc1. The summed E-state index contributed by atoms with van der Waals surface area (Å²) in [4.78, 5) is 15.6. The Kier molecular flexibility index (Phi) is 7.61. The van der Waals surface area contributed by atoms with E-state index in [0.717, 1.165) is 42.1 Å². The molecule has 2 atom stereocenters. The summed E-state index contributed by atoms with van der Waals surface area (Å²) in [5.41, 5.74) is 5.22. The van der Waals surface area contributed by atoms with Gasteiger partial charge in [0.15, 0.2) is 11.5 Å². The number of nitrogens with one attached hydrogen (secondary N) is 1. The number of hydrogen-bond donors (Lipinski definition) is 1. The van der Waals surface area contributed by atoms with Gasteiger partial charge in [-0.2, -0.15) is 0 Å². The number of rotatable bonds is 8. The van der Waals surface area contributed by atoms with Crippen LogP contribution in [0.1, 0.15) is 45.6 Å². The van der Waals surface area contributed by atoms with Crippen molar-refractivity contribution in [2.75, 3.05) is 27.9 Å². The van der Waals surface area contributed by atoms with E-state index in [1.807, 2.05) is 43.3 Å². The van der Waals surface area contributed by atoms with Crippen LogP contribution in [-0.4, -0.2) is 44.7 Å². The molecule has 4 rings (SSSR count). The molecule has 1 amide bonds. The number of carbonyl (C=O) groups excluding carboxylic acids is 1. The highest BCUT2D eigenvalue weighted by atomic mass is 16.5. The third kappa shape index (κ3) is 5.28. The Hall–Kier alpha value is -3.51. The van der Waals surface area contributed by atoms with Gasteiger partial charge in [0.25, 0.3) is 5.91 Å². The molecule has 6 heteroatoms. The van der Waals surface area contributed by atoms with Gasteiger partial charge in [-0.05, 0) is 72.9 Å². The van der Waals surface area contributed by atoms with Crippen molar-refractivity contribution in [1.82, 2.24) is 10.2 Å². The molecule has 0 saturated heterocycles. The molecule has 0 fully saturated rings. The van der Waals surface area contributed by atoms with Gasteiger partial charge in [-0.25, -0.2) is 0 Å². The van der Waals surface area contributed by atoms with Gasteiger partial charge in [-0.1, -0.05) is 30.3 Å². The number of amides is 1. The van der Waals surface area contributed by atoms with Crippen LogP contribution in [0.2, 0.25) is 0 Å². The van der Waals surface area contributed by atoms with Crippen LogP contribution in [0.4, 0.5) is 0 Å². The lowest BCUT2D eigenvalue weighted by Gasteiger charge is -2.41. The minimum absolute atomic E-state index is 0.0337. The molecule has 3 aromatic carbocycles. The fraction of sp³-hybridized carbons (Fsp3) is 0.345. The van der Waals surface area contributed by atoms with Crippen LogP contribution in [0, 0.1) is 6.92 Å². The van der Waals surface area contributed by atoms with Crippen LogP contribution in [0.5, 0.6) is 17.2 Å². The number of nitrogens with zero attached hydrogens (tertiary/aromatic N) is 1. The first kappa shape index (κ1) is 24.6. The summed E-state index contributed by atoms with van der Waals surface area (Å²) >= 11 is 0. The highest BCUT2D eigenvalue weighted by molar-refractivity contribution is 5.95. The summed E-state index contributed by atoms with van der Waals surface area (Å²) in [5, 5.41) is 3.28. The topological polar surface area (TPSA) is 60.0 Å². The first-order valence-electron chi connectivity index (χ1n) is 11.9. The second-order valence-corrected chi connectivity index (χ2v) is 9.00. The van der Waals surface area contributed by atoms with Crippen molar-refractivity contribution >= 4 is 5.91 Å². The first-order valence-corrected chi connectivity index (χ1v) is 11.9. The van der Waals surface area contributed by atoms with E-state index in [0.29, 0.717) is 11.3 Å². The van der Waals surface area contributed by atoms with Crippen LogP contribution in [0.15, 0.2) is 60.7 Å². The molecule has 0 bridgehead atoms. The number of aryl methyl sites for hydroxylation is 1. The molecule has 1 heterocycles. The standard InChI is InChI=1S/C29H34N2O4/c1-19-8-6-7-9-24(19)29(32)30-20(2)28-25-17-27(35-5)26(34-4)16-22(25)14-15-31(28)18-21-10-12-23(33-3)13-11-21/h6-13,16-17,20,28H,14-15,18H2,1-5H3,(H,30,32)/t20-,28-/m0/s1. The summed E-state index contributed by atoms with van der Waals surface area (Å²) < 4.78 is 16.5. The Morgan fingerprint density at radius 2 is 1.69 bits per heavy atom. The normalized spacial score (nSPS) is 16.2. The van der Waals surface area contributed by atoms with Crippen LogP contribution in [0.25, 0.3) is 0 Å². The quantitative estimate of drug-likeness (QED) is 0.501. The maximum Gasteiger partial charge on any atom is 0.251 e. The maximum atomic E-state index is 13.2. The Balaban J connectivity index is 1.68. The number of hydrogen-bond acceptors (Lipinski definition) is 5. The molecule has 1 aliphatic heterocycles. The first-order chi connectivity index (χ1) is 16.9. The Bertz CT molecular complexity index is 1180. The molecule has 1 N–H and O–H groups in total. The molecular formula is C29H34N2O4. The summed E-state index contributed by atoms with van der Waals surface area (Å²) in [6.45, 7) is 5.66. The number of fused-ring (bicyclic) bond motifs is 1. The predicted molar refractivity (Wildman–Crippen MR) is 138 cm³/mol. The Morgan fingerprint density at radius 3 is 2.34 bits per heavy atom. The van der Waals surface area contributed by atoms with Gasteiger partial charge in [0.2, 0.25) is 0 Å². The Morgan fingerprint density at radius 1 is 1.00 bits per heavy atom. The van der Waals surface area contributed by atoms with Crippen molar-refractivity contribution in [3.8, 4) is 17.2 Å². The number of benzene rings is 3. The van der Waals surface area contributed by atoms with E-state index in [4.69, 9.17) is 14.2 Å². The van der Waals surface area contributed by atoms with Crippen molar-refractivity contribution in [3.05, 3.63) is 88.5 Å². The van der Waals surface area contributed by atoms with Gasteiger partial charge in [0.05, 0.1) is 27.4 Å². The maximum absolute atomic E-state index is 13.2. The zero-order valence-electron chi connectivity index (χ0n) is 21.1. The third-order valence-electron chi connectivity index (χ3n) is 6.79. The molecular weight excluding hydrogens is 440 g/mol. The number of carbonyl (C=O) groups is 1. The smallest absolute Gasteiger partial charge is 0.251 e. The van der Waals surface area contributed by atoms with Crippen LogP contribution >= 0.6 is 0 Å². The molecule has 0 saturated carbocycles. The average molecular weight is 475 g/mol. The van der Waals surface area contributed by atoms with Gasteiger partial charge in [-0.3, -0.25) is 9.69 Å². The summed E-state index contributed by atoms with van der Waals surface area (Å²) in [7, 11) is 4.99. The third-order valence-corrected chi connectivity index (χ3v) is 6.79. The molecule has 184 valence electrons. The van der Waals surface area contributed by atoms with E-state index < -0.39 is 0 Å². The fourth-order valence-corrected chi connectivity index (χ4v) is 4.95. The van der Waals surface area contributed by atoms with Crippen LogP contribution < -0.4 is 19.5 Å². The van der Waals surface area contributed by atoms with Gasteiger partial charge < -0.3 is 19.5 Å². The van der Waals surface area contributed by atoms with Crippen molar-refractivity contribution in [2.24, 2.45) is 0 Å². The van der Waals surface area contributed by atoms with E-state index in [1.54, 1.807) is 21.3 Å². The van der Waals surface area contributed by atoms with Crippen LogP contribution in [0.3, 0.4) is 0 Å². The minimum Gasteiger partial charge on any atom is -0.497 e. The highest BCUT2D eigenvalue weighted by Gasteiger charge is 2.34.